The van der Waals surface area contributed by atoms with Gasteiger partial charge in [-0.2, -0.15) is 0 Å². The fourth-order valence-electron chi connectivity index (χ4n) is 2.38. The van der Waals surface area contributed by atoms with E-state index in [9.17, 15) is 0 Å². The van der Waals surface area contributed by atoms with Crippen molar-refractivity contribution in [2.45, 2.75) is 83.5 Å². The second-order valence-electron chi connectivity index (χ2n) is 5.75. The summed E-state index contributed by atoms with van der Waals surface area (Å²) in [5.41, 5.74) is 0. The molecule has 7 heteroatoms. The summed E-state index contributed by atoms with van der Waals surface area (Å²) < 4.78 is 8.88. The maximum absolute atomic E-state index is 8.88. The lowest BCUT2D eigenvalue weighted by atomic mass is 10.0. The van der Waals surface area contributed by atoms with Gasteiger partial charge in [0.15, 0.2) is 0 Å². The lowest BCUT2D eigenvalue weighted by Gasteiger charge is -2.04. The first kappa shape index (κ1) is 22.0. The van der Waals surface area contributed by atoms with Crippen LogP contribution in [-0.2, 0) is 14.3 Å². The summed E-state index contributed by atoms with van der Waals surface area (Å²) in [7, 11) is -4.64. The summed E-state index contributed by atoms with van der Waals surface area (Å²) in [6.07, 6.45) is 17.6. The van der Waals surface area contributed by atoms with E-state index in [4.69, 9.17) is 29.0 Å². The first-order chi connectivity index (χ1) is 10.5. The molecular formula is C15H33O6P. The van der Waals surface area contributed by atoms with Gasteiger partial charge in [0.2, 0.25) is 0 Å². The summed E-state index contributed by atoms with van der Waals surface area (Å²) in [4.78, 5) is 31.9. The normalized spacial score (nSPS) is 21.2. The van der Waals surface area contributed by atoms with Crippen LogP contribution in [0.5, 0.6) is 0 Å². The van der Waals surface area contributed by atoms with Crippen molar-refractivity contribution in [3.8, 4) is 0 Å². The average molecular weight is 340 g/mol. The summed E-state index contributed by atoms with van der Waals surface area (Å²) >= 11 is 0. The smallest absolute Gasteiger partial charge is 0.303 e. The minimum atomic E-state index is -4.64. The zero-order valence-electron chi connectivity index (χ0n) is 13.6. The minimum absolute atomic E-state index is 0.778. The molecule has 1 fully saturated rings. The summed E-state index contributed by atoms with van der Waals surface area (Å²) in [6.45, 7) is 1.56. The maximum Gasteiger partial charge on any atom is 0.466 e. The molecule has 134 valence electrons. The monoisotopic (exact) mass is 340 g/mol. The van der Waals surface area contributed by atoms with Gasteiger partial charge in [0.25, 0.3) is 0 Å². The van der Waals surface area contributed by atoms with Crippen LogP contribution in [0.15, 0.2) is 0 Å². The molecule has 1 aliphatic heterocycles. The average Bonchev–Trinajstić information content (AvgIpc) is 2.42. The third-order valence-corrected chi connectivity index (χ3v) is 3.54. The highest BCUT2D eigenvalue weighted by Crippen LogP contribution is 2.25. The zero-order chi connectivity index (χ0) is 16.5. The van der Waals surface area contributed by atoms with Crippen LogP contribution in [0.25, 0.3) is 0 Å². The van der Waals surface area contributed by atoms with Crippen LogP contribution in [0.3, 0.4) is 0 Å². The topological polar surface area (TPSA) is 96.2 Å². The molecule has 0 aliphatic carbocycles. The summed E-state index contributed by atoms with van der Waals surface area (Å²) in [5.74, 6) is 0. The van der Waals surface area contributed by atoms with E-state index in [0.29, 0.717) is 0 Å². The van der Waals surface area contributed by atoms with Crippen molar-refractivity contribution < 1.29 is 29.0 Å². The van der Waals surface area contributed by atoms with E-state index in [2.05, 4.69) is 0 Å². The molecule has 0 aromatic carbocycles. The van der Waals surface area contributed by atoms with Crippen LogP contribution in [0.4, 0.5) is 0 Å². The van der Waals surface area contributed by atoms with Gasteiger partial charge in [-0.1, -0.05) is 70.6 Å². The molecule has 0 aromatic rings. The van der Waals surface area contributed by atoms with Gasteiger partial charge in [0.05, 0.1) is 13.2 Å². The second-order valence-corrected chi connectivity index (χ2v) is 6.78. The molecule has 0 bridgehead atoms. The molecule has 22 heavy (non-hydrogen) atoms. The number of hydrogen-bond acceptors (Lipinski definition) is 3. The van der Waals surface area contributed by atoms with Gasteiger partial charge in [-0.25, -0.2) is 14.3 Å². The van der Waals surface area contributed by atoms with E-state index >= 15 is 0 Å². The van der Waals surface area contributed by atoms with Crippen molar-refractivity contribution in [2.75, 3.05) is 13.2 Å². The van der Waals surface area contributed by atoms with E-state index in [1.54, 1.807) is 0 Å². The van der Waals surface area contributed by atoms with Crippen LogP contribution in [0, 0.1) is 0 Å². The molecule has 0 unspecified atom stereocenters. The Kier molecular flexibility index (Phi) is 15.9. The van der Waals surface area contributed by atoms with Gasteiger partial charge >= 0.3 is 7.82 Å². The molecule has 0 atom stereocenters. The Morgan fingerprint density at radius 1 is 0.500 bits per heavy atom. The quantitative estimate of drug-likeness (QED) is 0.454. The van der Waals surface area contributed by atoms with Crippen molar-refractivity contribution in [3.63, 3.8) is 0 Å². The van der Waals surface area contributed by atoms with Crippen LogP contribution in [0.1, 0.15) is 83.5 Å². The third kappa shape index (κ3) is 25.0. The fourth-order valence-corrected chi connectivity index (χ4v) is 2.38. The highest BCUT2D eigenvalue weighted by Gasteiger charge is 2.00. The van der Waals surface area contributed by atoms with Crippen LogP contribution < -0.4 is 0 Å². The van der Waals surface area contributed by atoms with Gasteiger partial charge in [-0.3, -0.25) is 0 Å². The molecule has 0 aromatic heterocycles. The van der Waals surface area contributed by atoms with Gasteiger partial charge in [-0.05, 0) is 12.8 Å². The van der Waals surface area contributed by atoms with Crippen molar-refractivity contribution in [2.24, 2.45) is 0 Å². The van der Waals surface area contributed by atoms with E-state index in [1.165, 1.54) is 70.6 Å². The highest BCUT2D eigenvalue weighted by molar-refractivity contribution is 7.45. The molecule has 0 radical (unpaired) electrons. The SMILES string of the molecule is C1CCCCCCCOOCCCCCCC1.O=P(O)(O)O. The van der Waals surface area contributed by atoms with Gasteiger partial charge in [0, 0.05) is 0 Å². The van der Waals surface area contributed by atoms with E-state index < -0.39 is 7.82 Å². The molecule has 0 saturated carbocycles. The lowest BCUT2D eigenvalue weighted by molar-refractivity contribution is -0.295. The van der Waals surface area contributed by atoms with E-state index in [1.807, 2.05) is 0 Å². The van der Waals surface area contributed by atoms with Gasteiger partial charge < -0.3 is 14.7 Å². The first-order valence-electron chi connectivity index (χ1n) is 8.53. The molecule has 3 N–H and O–H groups in total. The Labute approximate surface area is 134 Å². The Morgan fingerprint density at radius 2 is 0.682 bits per heavy atom. The molecule has 1 heterocycles. The molecule has 0 amide bonds. The highest BCUT2D eigenvalue weighted by atomic mass is 31.2. The predicted octanol–water partition coefficient (Wildman–Crippen LogP) is 4.09. The van der Waals surface area contributed by atoms with Gasteiger partial charge in [0.1, 0.15) is 0 Å². The van der Waals surface area contributed by atoms with E-state index in [0.717, 1.165) is 26.1 Å². The number of hydrogen-bond donors (Lipinski definition) is 3. The lowest BCUT2D eigenvalue weighted by Crippen LogP contribution is -1.99. The molecule has 6 nitrogen and oxygen atoms in total. The van der Waals surface area contributed by atoms with Crippen LogP contribution in [-0.4, -0.2) is 27.9 Å². The van der Waals surface area contributed by atoms with Crippen molar-refractivity contribution in [3.05, 3.63) is 0 Å². The Hall–Kier alpha value is 0.0300. The molecule has 1 aliphatic rings. The Morgan fingerprint density at radius 3 is 0.909 bits per heavy atom. The molecular weight excluding hydrogens is 307 g/mol. The maximum atomic E-state index is 8.88. The third-order valence-electron chi connectivity index (χ3n) is 3.54. The zero-order valence-corrected chi connectivity index (χ0v) is 14.5. The number of phosphoric acid groups is 1. The predicted molar refractivity (Wildman–Crippen MR) is 86.2 cm³/mol. The van der Waals surface area contributed by atoms with Crippen molar-refractivity contribution >= 4 is 7.82 Å². The largest absolute Gasteiger partial charge is 0.466 e. The summed E-state index contributed by atoms with van der Waals surface area (Å²) in [6, 6.07) is 0. The number of rotatable bonds is 0. The first-order valence-corrected chi connectivity index (χ1v) is 10.1. The standard InChI is InChI=1S/C15H30O2.H3O4P/c1-2-4-6-8-10-12-14-16-17-15-13-11-9-7-5-3-1;1-5(2,3)4/h1-15H2;(H3,1,2,3,4). The van der Waals surface area contributed by atoms with Crippen LogP contribution >= 0.6 is 7.82 Å². The fraction of sp³-hybridized carbons (Fsp3) is 1.00. The Bertz CT molecular complexity index is 191. The van der Waals surface area contributed by atoms with E-state index in [-0.39, 0.29) is 0 Å². The Balaban J connectivity index is 0.000000763. The molecule has 0 spiro atoms. The van der Waals surface area contributed by atoms with Crippen LogP contribution in [0.2, 0.25) is 0 Å². The van der Waals surface area contributed by atoms with Crippen molar-refractivity contribution in [1.82, 2.24) is 0 Å². The summed E-state index contributed by atoms with van der Waals surface area (Å²) in [5, 5.41) is 0. The molecule has 1 saturated heterocycles. The minimum Gasteiger partial charge on any atom is -0.303 e. The van der Waals surface area contributed by atoms with Gasteiger partial charge in [-0.15, -0.1) is 0 Å². The molecule has 1 rings (SSSR count). The van der Waals surface area contributed by atoms with Crippen molar-refractivity contribution in [1.29, 1.82) is 0 Å². The second kappa shape index (κ2) is 15.9.